The van der Waals surface area contributed by atoms with Gasteiger partial charge in [-0.15, -0.1) is 0 Å². The molecule has 0 bridgehead atoms. The van der Waals surface area contributed by atoms with Gasteiger partial charge in [-0.25, -0.2) is 4.39 Å². The second kappa shape index (κ2) is 7.09. The molecule has 6 heteroatoms. The highest BCUT2D eigenvalue weighted by Gasteiger charge is 2.39. The standard InChI is InChI=1S/C21H18FN3OS/c1-14-6-2-3-7-15(14)16-10-20(26)25-12-24(13-27-21(25)17(16)11-23)19-9-5-4-8-18(19)22/h2-9,16H,10,12-13H2,1H3/t16-/m1/s1. The number of fused-ring (bicyclic) bond motifs is 1. The van der Waals surface area contributed by atoms with E-state index in [1.54, 1.807) is 23.1 Å². The van der Waals surface area contributed by atoms with Crippen LogP contribution in [0, 0.1) is 24.1 Å². The lowest BCUT2D eigenvalue weighted by molar-refractivity contribution is -0.129. The lowest BCUT2D eigenvalue weighted by atomic mass is 9.84. The van der Waals surface area contributed by atoms with Crippen LogP contribution < -0.4 is 4.90 Å². The number of anilines is 1. The van der Waals surface area contributed by atoms with Crippen molar-refractivity contribution in [3.05, 3.63) is 76.1 Å². The number of carbonyl (C=O) groups excluding carboxylic acids is 1. The third-order valence-corrected chi connectivity index (χ3v) is 6.21. The molecule has 2 heterocycles. The van der Waals surface area contributed by atoms with Gasteiger partial charge in [0.2, 0.25) is 5.91 Å². The van der Waals surface area contributed by atoms with Crippen LogP contribution in [0.25, 0.3) is 0 Å². The molecule has 2 aromatic rings. The van der Waals surface area contributed by atoms with Gasteiger partial charge in [0.1, 0.15) is 5.82 Å². The molecule has 0 saturated carbocycles. The maximum Gasteiger partial charge on any atom is 0.229 e. The Balaban J connectivity index is 1.70. The van der Waals surface area contributed by atoms with E-state index in [-0.39, 0.29) is 30.7 Å². The molecule has 0 aliphatic carbocycles. The minimum atomic E-state index is -0.312. The Hall–Kier alpha value is -2.78. The molecule has 1 saturated heterocycles. The smallest absolute Gasteiger partial charge is 0.229 e. The van der Waals surface area contributed by atoms with Crippen LogP contribution in [0.2, 0.25) is 0 Å². The average molecular weight is 379 g/mol. The quantitative estimate of drug-likeness (QED) is 0.778. The lowest BCUT2D eigenvalue weighted by Gasteiger charge is -2.42. The largest absolute Gasteiger partial charge is 0.341 e. The molecule has 1 atom stereocenters. The number of thioether (sulfide) groups is 1. The van der Waals surface area contributed by atoms with Crippen LogP contribution in [0.4, 0.5) is 10.1 Å². The van der Waals surface area contributed by atoms with Crippen molar-refractivity contribution in [2.75, 3.05) is 17.4 Å². The van der Waals surface area contributed by atoms with Crippen molar-refractivity contribution >= 4 is 23.4 Å². The zero-order chi connectivity index (χ0) is 19.0. The van der Waals surface area contributed by atoms with Gasteiger partial charge < -0.3 is 4.90 Å². The van der Waals surface area contributed by atoms with Crippen molar-refractivity contribution in [1.29, 1.82) is 5.26 Å². The van der Waals surface area contributed by atoms with Crippen molar-refractivity contribution in [3.63, 3.8) is 0 Å². The van der Waals surface area contributed by atoms with Crippen molar-refractivity contribution in [2.24, 2.45) is 0 Å². The third-order valence-electron chi connectivity index (χ3n) is 5.05. The fourth-order valence-corrected chi connectivity index (χ4v) is 4.82. The van der Waals surface area contributed by atoms with Gasteiger partial charge in [0.15, 0.2) is 0 Å². The van der Waals surface area contributed by atoms with Gasteiger partial charge in [-0.3, -0.25) is 9.69 Å². The second-order valence-electron chi connectivity index (χ2n) is 6.67. The molecule has 27 heavy (non-hydrogen) atoms. The van der Waals surface area contributed by atoms with E-state index in [4.69, 9.17) is 0 Å². The Morgan fingerprint density at radius 3 is 2.67 bits per heavy atom. The van der Waals surface area contributed by atoms with Gasteiger partial charge in [-0.1, -0.05) is 48.2 Å². The summed E-state index contributed by atoms with van der Waals surface area (Å²) in [6.45, 7) is 2.26. The van der Waals surface area contributed by atoms with E-state index < -0.39 is 0 Å². The molecular formula is C21H18FN3OS. The molecule has 2 aliphatic rings. The summed E-state index contributed by atoms with van der Waals surface area (Å²) in [5.74, 6) is -0.0762. The topological polar surface area (TPSA) is 47.3 Å². The Labute approximate surface area is 161 Å². The molecule has 2 aromatic carbocycles. The molecular weight excluding hydrogens is 361 g/mol. The normalized spacial score (nSPS) is 19.7. The Morgan fingerprint density at radius 1 is 1.19 bits per heavy atom. The molecule has 0 radical (unpaired) electrons. The van der Waals surface area contributed by atoms with Crippen LogP contribution in [0.15, 0.2) is 59.1 Å². The first kappa shape index (κ1) is 17.6. The molecule has 2 aliphatic heterocycles. The van der Waals surface area contributed by atoms with Crippen LogP contribution in [0.1, 0.15) is 23.5 Å². The van der Waals surface area contributed by atoms with E-state index in [1.807, 2.05) is 36.1 Å². The van der Waals surface area contributed by atoms with E-state index in [9.17, 15) is 14.4 Å². The highest BCUT2D eigenvalue weighted by molar-refractivity contribution is 8.03. The number of nitriles is 1. The number of para-hydroxylation sites is 1. The number of halogens is 1. The summed E-state index contributed by atoms with van der Waals surface area (Å²) in [5.41, 5.74) is 3.19. The monoisotopic (exact) mass is 379 g/mol. The van der Waals surface area contributed by atoms with Gasteiger partial charge in [0.05, 0.1) is 34.9 Å². The number of hydrogen-bond donors (Lipinski definition) is 0. The van der Waals surface area contributed by atoms with E-state index >= 15 is 0 Å². The van der Waals surface area contributed by atoms with E-state index in [0.29, 0.717) is 22.2 Å². The zero-order valence-electron chi connectivity index (χ0n) is 14.9. The van der Waals surface area contributed by atoms with Crippen LogP contribution in [0.5, 0.6) is 0 Å². The SMILES string of the molecule is Cc1ccccc1[C@H]1CC(=O)N2CN(c3ccccc3F)CSC2=C1C#N. The second-order valence-corrected chi connectivity index (χ2v) is 7.61. The number of rotatable bonds is 2. The molecule has 0 spiro atoms. The summed E-state index contributed by atoms with van der Waals surface area (Å²) >= 11 is 1.42. The first-order chi connectivity index (χ1) is 13.1. The summed E-state index contributed by atoms with van der Waals surface area (Å²) < 4.78 is 14.1. The Kier molecular flexibility index (Phi) is 4.63. The van der Waals surface area contributed by atoms with Crippen molar-refractivity contribution < 1.29 is 9.18 Å². The molecule has 1 fully saturated rings. The fraction of sp³-hybridized carbons (Fsp3) is 0.238. The van der Waals surface area contributed by atoms with Gasteiger partial charge in [-0.2, -0.15) is 5.26 Å². The third kappa shape index (κ3) is 3.08. The maximum atomic E-state index is 14.1. The fourth-order valence-electron chi connectivity index (χ4n) is 3.67. The average Bonchev–Trinajstić information content (AvgIpc) is 2.68. The van der Waals surface area contributed by atoms with E-state index in [0.717, 1.165) is 11.1 Å². The van der Waals surface area contributed by atoms with Gasteiger partial charge in [0, 0.05) is 12.3 Å². The van der Waals surface area contributed by atoms with Gasteiger partial charge in [0.25, 0.3) is 0 Å². The van der Waals surface area contributed by atoms with Crippen LogP contribution in [0.3, 0.4) is 0 Å². The van der Waals surface area contributed by atoms with Crippen molar-refractivity contribution in [2.45, 2.75) is 19.3 Å². The highest BCUT2D eigenvalue weighted by atomic mass is 32.2. The number of allylic oxidation sites excluding steroid dienone is 1. The lowest BCUT2D eigenvalue weighted by Crippen LogP contribution is -2.47. The van der Waals surface area contributed by atoms with Crippen molar-refractivity contribution in [3.8, 4) is 6.07 Å². The Morgan fingerprint density at radius 2 is 1.93 bits per heavy atom. The summed E-state index contributed by atoms with van der Waals surface area (Å²) in [6.07, 6.45) is 0.253. The molecule has 0 aromatic heterocycles. The Bertz CT molecular complexity index is 981. The number of carbonyl (C=O) groups is 1. The van der Waals surface area contributed by atoms with E-state index in [1.165, 1.54) is 17.8 Å². The minimum Gasteiger partial charge on any atom is -0.341 e. The minimum absolute atomic E-state index is 0.0363. The first-order valence-corrected chi connectivity index (χ1v) is 9.71. The zero-order valence-corrected chi connectivity index (χ0v) is 15.7. The number of aryl methyl sites for hydroxylation is 1. The molecule has 4 rings (SSSR count). The van der Waals surface area contributed by atoms with Gasteiger partial charge in [-0.05, 0) is 30.2 Å². The summed E-state index contributed by atoms with van der Waals surface area (Å²) in [5, 5.41) is 10.5. The highest BCUT2D eigenvalue weighted by Crippen LogP contribution is 2.44. The van der Waals surface area contributed by atoms with Crippen LogP contribution in [-0.4, -0.2) is 23.4 Å². The molecule has 0 unspecified atom stereocenters. The predicted molar refractivity (Wildman–Crippen MR) is 104 cm³/mol. The number of benzene rings is 2. The number of hydrogen-bond acceptors (Lipinski definition) is 4. The molecule has 0 N–H and O–H groups in total. The summed E-state index contributed by atoms with van der Waals surface area (Å²) in [7, 11) is 0. The molecule has 136 valence electrons. The predicted octanol–water partition coefficient (Wildman–Crippen LogP) is 4.35. The molecule has 4 nitrogen and oxygen atoms in total. The number of nitrogens with zero attached hydrogens (tertiary/aromatic N) is 3. The number of amides is 1. The molecule has 1 amide bonds. The van der Waals surface area contributed by atoms with Crippen LogP contribution >= 0.6 is 11.8 Å². The van der Waals surface area contributed by atoms with Crippen molar-refractivity contribution in [1.82, 2.24) is 4.90 Å². The summed E-state index contributed by atoms with van der Waals surface area (Å²) in [6, 6.07) is 16.8. The van der Waals surface area contributed by atoms with Crippen LogP contribution in [-0.2, 0) is 4.79 Å². The maximum absolute atomic E-state index is 14.1. The first-order valence-electron chi connectivity index (χ1n) is 8.72. The van der Waals surface area contributed by atoms with Gasteiger partial charge >= 0.3 is 0 Å². The van der Waals surface area contributed by atoms with E-state index in [2.05, 4.69) is 6.07 Å². The summed E-state index contributed by atoms with van der Waals surface area (Å²) in [4.78, 5) is 16.3.